The number of nitrogens with zero attached hydrogens (tertiary/aromatic N) is 1. The molecule has 0 spiro atoms. The van der Waals surface area contributed by atoms with Crippen LogP contribution in [0, 0.1) is 5.92 Å². The number of guanidine groups is 1. The van der Waals surface area contributed by atoms with E-state index in [1.807, 2.05) is 0 Å². The fraction of sp³-hybridized carbons (Fsp3) is 0.714. The van der Waals surface area contributed by atoms with Crippen molar-refractivity contribution in [2.24, 2.45) is 33.8 Å². The molecule has 0 saturated carbocycles. The highest BCUT2D eigenvalue weighted by atomic mass is 33.1. The second kappa shape index (κ2) is 22.1. The van der Waals surface area contributed by atoms with Gasteiger partial charge in [-0.25, -0.2) is 0 Å². The van der Waals surface area contributed by atoms with Gasteiger partial charge in [-0.3, -0.25) is 38.6 Å². The van der Waals surface area contributed by atoms with Crippen LogP contribution in [-0.2, 0) is 33.6 Å². The van der Waals surface area contributed by atoms with Gasteiger partial charge in [-0.2, -0.15) is 0 Å². The van der Waals surface area contributed by atoms with E-state index in [-0.39, 0.29) is 49.2 Å². The second-order valence-corrected chi connectivity index (χ2v) is 14.6. The molecule has 0 unspecified atom stereocenters. The highest BCUT2D eigenvalue weighted by Gasteiger charge is 2.34. The molecule has 284 valence electrons. The zero-order chi connectivity index (χ0) is 38.1. The zero-order valence-electron chi connectivity index (χ0n) is 28.5. The molecular weight excluding hydrogens is 699 g/mol. The Labute approximate surface area is 298 Å². The van der Waals surface area contributed by atoms with Crippen molar-refractivity contribution in [2.75, 3.05) is 24.7 Å². The number of carbonyl (C=O) groups excluding carboxylic acids is 7. The van der Waals surface area contributed by atoms with Crippen molar-refractivity contribution in [1.82, 2.24) is 31.9 Å². The predicted molar refractivity (Wildman–Crippen MR) is 187 cm³/mol. The van der Waals surface area contributed by atoms with Gasteiger partial charge >= 0.3 is 0 Å². The number of primary amides is 1. The van der Waals surface area contributed by atoms with Crippen LogP contribution in [0.15, 0.2) is 4.99 Å². The van der Waals surface area contributed by atoms with Crippen LogP contribution < -0.4 is 54.8 Å². The minimum absolute atomic E-state index is 0.00212. The molecule has 0 bridgehead atoms. The third kappa shape index (κ3) is 15.8. The first-order valence-electron chi connectivity index (χ1n) is 15.8. The molecule has 1 fully saturated rings. The number of nitrogens with one attached hydrogen (secondary N) is 6. The molecule has 7 amide bonds. The largest absolute Gasteiger partial charge is 0.394 e. The first kappa shape index (κ1) is 44.2. The number of hydrogen-bond acceptors (Lipinski definition) is 13. The molecule has 0 radical (unpaired) electrons. The summed E-state index contributed by atoms with van der Waals surface area (Å²) in [7, 11) is 2.18. The van der Waals surface area contributed by atoms with Crippen molar-refractivity contribution in [3.05, 3.63) is 0 Å². The monoisotopic (exact) mass is 749 g/mol. The van der Waals surface area contributed by atoms with E-state index in [0.29, 0.717) is 0 Å². The maximum Gasteiger partial charge on any atom is 0.245 e. The van der Waals surface area contributed by atoms with Crippen molar-refractivity contribution in [3.8, 4) is 0 Å². The van der Waals surface area contributed by atoms with Crippen LogP contribution in [0.2, 0.25) is 0 Å². The quantitative estimate of drug-likeness (QED) is 0.0453. The first-order valence-corrected chi connectivity index (χ1v) is 18.3. The number of carbonyl (C=O) groups is 7. The Morgan fingerprint density at radius 3 is 1.92 bits per heavy atom. The molecule has 8 atom stereocenters. The van der Waals surface area contributed by atoms with E-state index in [1.165, 1.54) is 13.8 Å². The van der Waals surface area contributed by atoms with Gasteiger partial charge in [0.1, 0.15) is 36.3 Å². The van der Waals surface area contributed by atoms with E-state index in [9.17, 15) is 43.8 Å². The Bertz CT molecular complexity index is 1240. The first-order chi connectivity index (χ1) is 23.4. The van der Waals surface area contributed by atoms with Crippen molar-refractivity contribution in [1.29, 1.82) is 0 Å². The fourth-order valence-corrected chi connectivity index (χ4v) is 6.63. The molecule has 1 aliphatic heterocycles. The minimum atomic E-state index is -1.58. The van der Waals surface area contributed by atoms with Gasteiger partial charge < -0.3 is 65.0 Å². The van der Waals surface area contributed by atoms with Crippen LogP contribution in [0.3, 0.4) is 0 Å². The van der Waals surface area contributed by atoms with Crippen LogP contribution in [-0.4, -0.2) is 131 Å². The molecule has 20 nitrogen and oxygen atoms in total. The van der Waals surface area contributed by atoms with E-state index in [2.05, 4.69) is 36.9 Å². The van der Waals surface area contributed by atoms with Crippen molar-refractivity contribution in [2.45, 2.75) is 95.4 Å². The minimum Gasteiger partial charge on any atom is -0.394 e. The summed E-state index contributed by atoms with van der Waals surface area (Å²) in [6.07, 6.45) is -1.12. The number of aliphatic hydroxyl groups is 2. The van der Waals surface area contributed by atoms with Crippen LogP contribution in [0.1, 0.15) is 47.0 Å². The smallest absolute Gasteiger partial charge is 0.245 e. The molecule has 0 aromatic carbocycles. The van der Waals surface area contributed by atoms with Crippen molar-refractivity contribution in [3.63, 3.8) is 0 Å². The van der Waals surface area contributed by atoms with E-state index in [4.69, 9.17) is 22.9 Å². The van der Waals surface area contributed by atoms with Gasteiger partial charge in [0.25, 0.3) is 0 Å². The Hall–Kier alpha value is -3.86. The standard InChI is InChI=1S/C28H51N11O9S2/c1-12(2)8-17-25(46)38-19(21(30)42)11-50-49-10-15(29)23(44)35-16(6-5-7-33-28(31)32)24(45)37-18(9-40)26(47)34-13(3)22(43)39-20(14(4)41)27(48)36-17/h12-20,40-41H,5-11,29H2,1-4H3,(H2,30,42)(H,34,47)(H,35,44)(H,36,48)(H,37,45)(H,38,46)(H,39,43)(H4,31,32,33)/t13-,14-,15-,16-,17-,18+,19-,20+/m1/s1. The molecule has 16 N–H and O–H groups in total. The lowest BCUT2D eigenvalue weighted by molar-refractivity contribution is -0.137. The number of aliphatic imine (C=N–C) groups is 1. The van der Waals surface area contributed by atoms with Crippen molar-refractivity contribution < 1.29 is 43.8 Å². The number of hydrogen-bond donors (Lipinski definition) is 12. The summed E-state index contributed by atoms with van der Waals surface area (Å²) >= 11 is 0. The number of rotatable bonds is 9. The fourth-order valence-electron chi connectivity index (χ4n) is 4.33. The summed E-state index contributed by atoms with van der Waals surface area (Å²) in [4.78, 5) is 94.8. The van der Waals surface area contributed by atoms with E-state index in [0.717, 1.165) is 21.6 Å². The summed E-state index contributed by atoms with van der Waals surface area (Å²) < 4.78 is 0. The summed E-state index contributed by atoms with van der Waals surface area (Å²) in [6, 6.07) is -9.27. The Balaban J connectivity index is 3.42. The topological polar surface area (TPSA) is 349 Å². The van der Waals surface area contributed by atoms with E-state index in [1.54, 1.807) is 13.8 Å². The van der Waals surface area contributed by atoms with E-state index >= 15 is 0 Å². The summed E-state index contributed by atoms with van der Waals surface area (Å²) in [6.45, 7) is 5.28. The van der Waals surface area contributed by atoms with Crippen LogP contribution >= 0.6 is 21.6 Å². The highest BCUT2D eigenvalue weighted by molar-refractivity contribution is 8.76. The van der Waals surface area contributed by atoms with Crippen LogP contribution in [0.4, 0.5) is 0 Å². The van der Waals surface area contributed by atoms with Gasteiger partial charge in [0, 0.05) is 18.1 Å². The third-order valence-corrected chi connectivity index (χ3v) is 9.56. The number of amides is 7. The van der Waals surface area contributed by atoms with E-state index < -0.39 is 96.4 Å². The summed E-state index contributed by atoms with van der Waals surface area (Å²) in [5, 5.41) is 34.8. The van der Waals surface area contributed by atoms with Gasteiger partial charge in [0.15, 0.2) is 5.96 Å². The maximum absolute atomic E-state index is 13.3. The Morgan fingerprint density at radius 2 is 1.36 bits per heavy atom. The Kier molecular flexibility index (Phi) is 19.5. The molecular formula is C28H51N11O9S2. The lowest BCUT2D eigenvalue weighted by Crippen LogP contribution is -2.61. The lowest BCUT2D eigenvalue weighted by atomic mass is 10.0. The number of nitrogens with two attached hydrogens (primary N) is 4. The summed E-state index contributed by atoms with van der Waals surface area (Å²) in [5.74, 6) is -6.36. The van der Waals surface area contributed by atoms with Gasteiger partial charge in [0.05, 0.1) is 18.8 Å². The molecule has 1 saturated heterocycles. The lowest BCUT2D eigenvalue weighted by Gasteiger charge is -2.27. The zero-order valence-corrected chi connectivity index (χ0v) is 30.1. The number of aliphatic hydroxyl groups excluding tert-OH is 2. The normalized spacial score (nSPS) is 27.8. The van der Waals surface area contributed by atoms with Crippen LogP contribution in [0.5, 0.6) is 0 Å². The molecule has 1 heterocycles. The molecule has 0 aromatic rings. The predicted octanol–water partition coefficient (Wildman–Crippen LogP) is -5.40. The summed E-state index contributed by atoms with van der Waals surface area (Å²) in [5.41, 5.74) is 22.3. The Morgan fingerprint density at radius 1 is 0.800 bits per heavy atom. The van der Waals surface area contributed by atoms with Crippen molar-refractivity contribution >= 4 is 68.9 Å². The van der Waals surface area contributed by atoms with Crippen LogP contribution in [0.25, 0.3) is 0 Å². The molecule has 1 aliphatic rings. The second-order valence-electron chi connectivity index (χ2n) is 12.0. The molecule has 0 aromatic heterocycles. The van der Waals surface area contributed by atoms with Gasteiger partial charge in [-0.1, -0.05) is 35.4 Å². The third-order valence-electron chi connectivity index (χ3n) is 7.11. The SMILES string of the molecule is CC(C)C[C@H]1NC(=O)[C@H]([C@@H](C)O)NC(=O)[C@@H](C)NC(=O)[C@H](CO)NC(=O)[C@@H](CCCN=C(N)N)NC(=O)[C@H](N)CSSC[C@H](C(N)=O)NC1=O. The van der Waals surface area contributed by atoms with Gasteiger partial charge in [-0.15, -0.1) is 0 Å². The van der Waals surface area contributed by atoms with Gasteiger partial charge in [-0.05, 0) is 39.0 Å². The highest BCUT2D eigenvalue weighted by Crippen LogP contribution is 2.23. The average Bonchev–Trinajstić information content (AvgIpc) is 3.02. The average molecular weight is 750 g/mol. The molecule has 22 heteroatoms. The van der Waals surface area contributed by atoms with Gasteiger partial charge in [0.2, 0.25) is 41.4 Å². The maximum atomic E-state index is 13.3. The molecule has 0 aliphatic carbocycles. The molecule has 1 rings (SSSR count). The molecule has 50 heavy (non-hydrogen) atoms.